The Morgan fingerprint density at radius 3 is 2.65 bits per heavy atom. The first-order valence-electron chi connectivity index (χ1n) is 7.08. The van der Waals surface area contributed by atoms with E-state index < -0.39 is 0 Å². The predicted molar refractivity (Wildman–Crippen MR) is 88.2 cm³/mol. The van der Waals surface area contributed by atoms with E-state index in [1.165, 1.54) is 23.5 Å². The fourth-order valence-electron chi connectivity index (χ4n) is 2.72. The fourth-order valence-corrected chi connectivity index (χ4v) is 3.55. The minimum Gasteiger partial charge on any atom is -0.226 e. The minimum atomic E-state index is -0.252. The Bertz CT molecular complexity index is 1130. The first kappa shape index (κ1) is 12.7. The smallest absolute Gasteiger partial charge is 0.213 e. The number of hydrogen-bond acceptors (Lipinski definition) is 4. The Labute approximate surface area is 134 Å². The summed E-state index contributed by atoms with van der Waals surface area (Å²) in [5.74, 6) is 0.400. The topological polar surface area (TPSA) is 43.1 Å². The summed E-state index contributed by atoms with van der Waals surface area (Å²) in [5, 5.41) is 7.70. The van der Waals surface area contributed by atoms with Crippen LogP contribution in [0.5, 0.6) is 0 Å². The molecule has 0 bridgehead atoms. The van der Waals surface area contributed by atoms with Crippen LogP contribution in [0, 0.1) is 5.82 Å². The summed E-state index contributed by atoms with van der Waals surface area (Å²) in [5.41, 5.74) is 3.47. The highest BCUT2D eigenvalue weighted by Gasteiger charge is 2.18. The third-order valence-electron chi connectivity index (χ3n) is 3.82. The maximum absolute atomic E-state index is 13.1. The first-order chi connectivity index (χ1) is 11.3. The summed E-state index contributed by atoms with van der Waals surface area (Å²) >= 11 is 1.49. The van der Waals surface area contributed by atoms with Crippen molar-refractivity contribution in [2.24, 2.45) is 0 Å². The quantitative estimate of drug-likeness (QED) is 0.464. The van der Waals surface area contributed by atoms with Crippen LogP contribution in [0.1, 0.15) is 0 Å². The zero-order valence-corrected chi connectivity index (χ0v) is 12.6. The minimum absolute atomic E-state index is 0.252. The molecule has 110 valence electrons. The molecule has 0 saturated heterocycles. The van der Waals surface area contributed by atoms with E-state index in [2.05, 4.69) is 9.97 Å². The van der Waals surface area contributed by atoms with Crippen LogP contribution in [0.25, 0.3) is 38.6 Å². The molecule has 0 unspecified atom stereocenters. The van der Waals surface area contributed by atoms with Crippen molar-refractivity contribution >= 4 is 27.2 Å². The van der Waals surface area contributed by atoms with Gasteiger partial charge in [-0.2, -0.15) is 10.1 Å². The summed E-state index contributed by atoms with van der Waals surface area (Å²) in [6, 6.07) is 14.3. The molecule has 1 aromatic heterocycles. The lowest BCUT2D eigenvalue weighted by Gasteiger charge is -2.03. The van der Waals surface area contributed by atoms with Crippen LogP contribution >= 0.6 is 11.3 Å². The average molecular weight is 320 g/mol. The molecule has 0 fully saturated rings. The maximum atomic E-state index is 13.1. The summed E-state index contributed by atoms with van der Waals surface area (Å²) in [4.78, 5) is 9.91. The molecule has 3 aromatic rings. The van der Waals surface area contributed by atoms with Gasteiger partial charge in [0.2, 0.25) is 4.96 Å². The molecule has 0 radical (unpaired) electrons. The van der Waals surface area contributed by atoms with Gasteiger partial charge in [0, 0.05) is 16.3 Å². The van der Waals surface area contributed by atoms with Crippen molar-refractivity contribution in [2.75, 3.05) is 0 Å². The lowest BCUT2D eigenvalue weighted by atomic mass is 10.2. The van der Waals surface area contributed by atoms with Crippen molar-refractivity contribution in [3.05, 3.63) is 59.7 Å². The van der Waals surface area contributed by atoms with E-state index in [0.717, 1.165) is 32.8 Å². The van der Waals surface area contributed by atoms with E-state index >= 15 is 0 Å². The van der Waals surface area contributed by atoms with Gasteiger partial charge in [-0.3, -0.25) is 0 Å². The number of rotatable bonds is 1. The van der Waals surface area contributed by atoms with Gasteiger partial charge in [0.1, 0.15) is 11.5 Å². The van der Waals surface area contributed by atoms with Crippen molar-refractivity contribution in [3.63, 3.8) is 0 Å². The van der Waals surface area contributed by atoms with Crippen LogP contribution < -0.4 is 0 Å². The molecule has 2 aliphatic rings. The van der Waals surface area contributed by atoms with Crippen LogP contribution in [0.3, 0.4) is 0 Å². The third kappa shape index (κ3) is 1.85. The summed E-state index contributed by atoms with van der Waals surface area (Å²) < 4.78 is 14.9. The molecular weight excluding hydrogens is 311 g/mol. The van der Waals surface area contributed by atoms with E-state index in [-0.39, 0.29) is 5.82 Å². The zero-order valence-electron chi connectivity index (χ0n) is 11.8. The summed E-state index contributed by atoms with van der Waals surface area (Å²) in [6.45, 7) is 0. The third-order valence-corrected chi connectivity index (χ3v) is 4.64. The number of nitrogens with zero attached hydrogens (tertiary/aromatic N) is 4. The van der Waals surface area contributed by atoms with E-state index in [0.29, 0.717) is 5.82 Å². The lowest BCUT2D eigenvalue weighted by molar-refractivity contribution is 0.628. The van der Waals surface area contributed by atoms with Gasteiger partial charge in [0.05, 0.1) is 11.2 Å². The fraction of sp³-hybridized carbons (Fsp3) is 0. The van der Waals surface area contributed by atoms with Crippen LogP contribution in [0.4, 0.5) is 4.39 Å². The van der Waals surface area contributed by atoms with Gasteiger partial charge < -0.3 is 0 Å². The number of fused-ring (bicyclic) bond motifs is 4. The molecule has 2 aliphatic heterocycles. The molecule has 0 aliphatic carbocycles. The van der Waals surface area contributed by atoms with E-state index in [9.17, 15) is 4.39 Å². The van der Waals surface area contributed by atoms with Crippen LogP contribution in [0.2, 0.25) is 0 Å². The van der Waals surface area contributed by atoms with Crippen LogP contribution in [-0.2, 0) is 0 Å². The molecule has 0 amide bonds. The zero-order chi connectivity index (χ0) is 15.4. The summed E-state index contributed by atoms with van der Waals surface area (Å²) in [6.07, 6.45) is 0. The summed E-state index contributed by atoms with van der Waals surface area (Å²) in [7, 11) is 0. The van der Waals surface area contributed by atoms with Crippen molar-refractivity contribution in [3.8, 4) is 22.8 Å². The van der Waals surface area contributed by atoms with Gasteiger partial charge in [-0.05, 0) is 30.3 Å². The van der Waals surface area contributed by atoms with Crippen molar-refractivity contribution in [1.29, 1.82) is 0 Å². The Kier molecular flexibility index (Phi) is 2.51. The molecule has 5 rings (SSSR count). The van der Waals surface area contributed by atoms with E-state index in [4.69, 9.17) is 5.10 Å². The molecule has 2 aromatic carbocycles. The molecule has 6 heteroatoms. The number of aromatic nitrogens is 4. The van der Waals surface area contributed by atoms with Crippen LogP contribution in [0.15, 0.2) is 53.9 Å². The highest BCUT2D eigenvalue weighted by atomic mass is 32.1. The second-order valence-electron chi connectivity index (χ2n) is 5.24. The molecule has 0 N–H and O–H groups in total. The molecule has 3 heterocycles. The highest BCUT2D eigenvalue weighted by molar-refractivity contribution is 7.15. The molecule has 4 nitrogen and oxygen atoms in total. The number of para-hydroxylation sites is 1. The van der Waals surface area contributed by atoms with Crippen molar-refractivity contribution < 1.29 is 4.39 Å². The SMILES string of the molecule is Fc1ccc(-c2csc3nc4nc5ccccc5c-4nn23)cc1. The number of halogens is 1. The largest absolute Gasteiger partial charge is 0.226 e. The molecular formula is C17H9FN4S. The Morgan fingerprint density at radius 1 is 0.957 bits per heavy atom. The first-order valence-corrected chi connectivity index (χ1v) is 7.96. The Morgan fingerprint density at radius 2 is 1.78 bits per heavy atom. The predicted octanol–water partition coefficient (Wildman–Crippen LogP) is 4.25. The average Bonchev–Trinajstić information content (AvgIpc) is 3.14. The van der Waals surface area contributed by atoms with E-state index in [1.54, 1.807) is 16.6 Å². The highest BCUT2D eigenvalue weighted by Crippen LogP contribution is 2.31. The van der Waals surface area contributed by atoms with Crippen molar-refractivity contribution in [1.82, 2.24) is 19.6 Å². The molecule has 0 spiro atoms. The second kappa shape index (κ2) is 4.57. The monoisotopic (exact) mass is 320 g/mol. The number of benzene rings is 2. The standard InChI is InChI=1S/C17H9FN4S/c18-11-7-5-10(6-8-11)14-9-23-17-20-16-15(21-22(14)17)12-3-1-2-4-13(12)19-16/h1-9H. The second-order valence-corrected chi connectivity index (χ2v) is 6.07. The number of hydrogen-bond donors (Lipinski definition) is 0. The molecule has 0 atom stereocenters. The normalized spacial score (nSPS) is 11.7. The lowest BCUT2D eigenvalue weighted by Crippen LogP contribution is -2.00. The molecule has 23 heavy (non-hydrogen) atoms. The van der Waals surface area contributed by atoms with E-state index in [1.807, 2.05) is 29.6 Å². The van der Waals surface area contributed by atoms with Crippen LogP contribution in [-0.4, -0.2) is 19.6 Å². The van der Waals surface area contributed by atoms with Gasteiger partial charge >= 0.3 is 0 Å². The van der Waals surface area contributed by atoms with Gasteiger partial charge in [0.15, 0.2) is 5.82 Å². The van der Waals surface area contributed by atoms with Crippen molar-refractivity contribution in [2.45, 2.75) is 0 Å². The maximum Gasteiger partial charge on any atom is 0.213 e. The number of thiazole rings is 1. The van der Waals surface area contributed by atoms with Gasteiger partial charge in [-0.25, -0.2) is 13.9 Å². The Hall–Kier alpha value is -2.86. The van der Waals surface area contributed by atoms with Gasteiger partial charge in [-0.1, -0.05) is 18.2 Å². The Balaban J connectivity index is 1.83. The van der Waals surface area contributed by atoms with Gasteiger partial charge in [0.25, 0.3) is 0 Å². The van der Waals surface area contributed by atoms with Gasteiger partial charge in [-0.15, -0.1) is 11.3 Å². The molecule has 0 saturated carbocycles.